The number of nitrogens with zero attached hydrogens (tertiary/aromatic N) is 1. The summed E-state index contributed by atoms with van der Waals surface area (Å²) in [6.07, 6.45) is 5.13. The Morgan fingerprint density at radius 3 is 2.17 bits per heavy atom. The molecule has 240 valence electrons. The van der Waals surface area contributed by atoms with Gasteiger partial charge in [0.1, 0.15) is 5.75 Å². The third-order valence-corrected chi connectivity index (χ3v) is 11.2. The first-order valence-corrected chi connectivity index (χ1v) is 17.4. The fourth-order valence-corrected chi connectivity index (χ4v) is 8.01. The van der Waals surface area contributed by atoms with Crippen molar-refractivity contribution in [3.63, 3.8) is 0 Å². The molecule has 1 aliphatic carbocycles. The maximum Gasteiger partial charge on any atom is 0.298 e. The van der Waals surface area contributed by atoms with E-state index in [4.69, 9.17) is 16.3 Å². The minimum atomic E-state index is -4.55. The van der Waals surface area contributed by atoms with Crippen LogP contribution in [0.2, 0.25) is 5.02 Å². The molecule has 1 amide bonds. The Balaban J connectivity index is 1.18. The number of amides is 1. The molecule has 1 atom stereocenters. The molecule has 0 bridgehead atoms. The summed E-state index contributed by atoms with van der Waals surface area (Å²) in [5.74, 6) is -4.10. The highest BCUT2D eigenvalue weighted by Gasteiger charge is 2.57. The van der Waals surface area contributed by atoms with Gasteiger partial charge in [0.05, 0.1) is 16.5 Å². The van der Waals surface area contributed by atoms with Gasteiger partial charge < -0.3 is 15.0 Å². The number of halogens is 3. The average Bonchev–Trinajstić information content (AvgIpc) is 3.52. The molecule has 2 aliphatic heterocycles. The maximum absolute atomic E-state index is 16.4. The van der Waals surface area contributed by atoms with E-state index in [1.165, 1.54) is 41.3 Å². The third kappa shape index (κ3) is 5.76. The molecule has 2 saturated heterocycles. The summed E-state index contributed by atoms with van der Waals surface area (Å²) in [7, 11) is -4.55. The van der Waals surface area contributed by atoms with E-state index in [2.05, 4.69) is 10.0 Å². The van der Waals surface area contributed by atoms with Gasteiger partial charge in [0.25, 0.3) is 5.92 Å². The van der Waals surface area contributed by atoms with Gasteiger partial charge in [-0.2, -0.15) is 13.5 Å². The fraction of sp³-hybridized carbons (Fsp3) is 0.343. The minimum Gasteiger partial charge on any atom is -0.490 e. The van der Waals surface area contributed by atoms with Gasteiger partial charge in [0.2, 0.25) is 15.9 Å². The largest absolute Gasteiger partial charge is 0.490 e. The van der Waals surface area contributed by atoms with Crippen LogP contribution in [0.4, 0.5) is 8.78 Å². The number of alkyl halides is 2. The van der Waals surface area contributed by atoms with Gasteiger partial charge in [-0.3, -0.25) is 4.79 Å². The van der Waals surface area contributed by atoms with Crippen LogP contribution < -0.4 is 14.8 Å². The normalized spacial score (nSPS) is 18.7. The molecule has 11 heteroatoms. The second-order valence-electron chi connectivity index (χ2n) is 12.5. The van der Waals surface area contributed by atoms with E-state index in [9.17, 15) is 13.2 Å². The molecule has 3 aliphatic rings. The number of sulfonamides is 1. The zero-order valence-corrected chi connectivity index (χ0v) is 26.6. The summed E-state index contributed by atoms with van der Waals surface area (Å²) in [6, 6.07) is 19.9. The SMILES string of the molecule is O=C(C(NS(=O)(=O)c1ccc2cc(OC3CCCC3)ccc2c1)C(F)(F)c1ccc(-c2ccc(Cl)cc2)cc1)N1CCC12CNC2. The lowest BCUT2D eigenvalue weighted by Gasteiger charge is -2.59. The molecule has 2 heterocycles. The summed E-state index contributed by atoms with van der Waals surface area (Å²) in [5.41, 5.74) is 0.424. The zero-order chi connectivity index (χ0) is 32.1. The number of rotatable bonds is 9. The van der Waals surface area contributed by atoms with Crippen molar-refractivity contribution >= 4 is 38.3 Å². The second kappa shape index (κ2) is 11.9. The number of nitrogens with one attached hydrogen (secondary N) is 2. The number of benzene rings is 4. The highest BCUT2D eigenvalue weighted by molar-refractivity contribution is 7.89. The second-order valence-corrected chi connectivity index (χ2v) is 14.7. The molecule has 4 aromatic carbocycles. The number of carbonyl (C=O) groups is 1. The van der Waals surface area contributed by atoms with Crippen LogP contribution in [-0.4, -0.2) is 56.5 Å². The molecule has 1 spiro atoms. The third-order valence-electron chi connectivity index (χ3n) is 9.58. The molecule has 2 N–H and O–H groups in total. The standard InChI is InChI=1S/C35H34ClF2N3O4S/c36-28-13-7-24(8-14-28)23-5-11-27(12-6-23)35(37,38)32(33(42)41-18-17-34(41)21-39-22-34)40-46(43,44)31-16-10-25-19-30(15-9-26(25)20-31)45-29-3-1-2-4-29/h5-16,19-20,29,32,39-40H,1-4,17-18,21-22H2. The first kappa shape index (κ1) is 31.1. The molecule has 3 fully saturated rings. The maximum atomic E-state index is 16.4. The fourth-order valence-electron chi connectivity index (χ4n) is 6.66. The molecule has 7 nitrogen and oxygen atoms in total. The average molecular weight is 666 g/mol. The Hall–Kier alpha value is -3.57. The minimum absolute atomic E-state index is 0.173. The lowest BCUT2D eigenvalue weighted by Crippen LogP contribution is -2.79. The number of fused-ring (bicyclic) bond motifs is 1. The van der Waals surface area contributed by atoms with Crippen molar-refractivity contribution in [1.29, 1.82) is 0 Å². The number of carbonyl (C=O) groups excluding carboxylic acids is 1. The summed E-state index contributed by atoms with van der Waals surface area (Å²) < 4.78 is 68.6. The van der Waals surface area contributed by atoms with Crippen LogP contribution in [0.25, 0.3) is 21.9 Å². The van der Waals surface area contributed by atoms with Crippen LogP contribution >= 0.6 is 11.6 Å². The van der Waals surface area contributed by atoms with E-state index in [-0.39, 0.29) is 17.5 Å². The van der Waals surface area contributed by atoms with E-state index in [0.29, 0.717) is 41.2 Å². The predicted octanol–water partition coefficient (Wildman–Crippen LogP) is 6.49. The lowest BCUT2D eigenvalue weighted by molar-refractivity contribution is -0.164. The number of hydrogen-bond acceptors (Lipinski definition) is 5. The molecule has 1 unspecified atom stereocenters. The van der Waals surface area contributed by atoms with Crippen molar-refractivity contribution in [2.75, 3.05) is 19.6 Å². The quantitative estimate of drug-likeness (QED) is 0.213. The Morgan fingerprint density at radius 2 is 1.57 bits per heavy atom. The highest BCUT2D eigenvalue weighted by atomic mass is 35.5. The van der Waals surface area contributed by atoms with Gasteiger partial charge >= 0.3 is 0 Å². The van der Waals surface area contributed by atoms with E-state index >= 15 is 8.78 Å². The van der Waals surface area contributed by atoms with Crippen LogP contribution in [0, 0.1) is 0 Å². The van der Waals surface area contributed by atoms with E-state index in [1.54, 1.807) is 42.5 Å². The van der Waals surface area contributed by atoms with Gasteiger partial charge in [0.15, 0.2) is 6.04 Å². The van der Waals surface area contributed by atoms with Crippen LogP contribution in [0.3, 0.4) is 0 Å². The topological polar surface area (TPSA) is 87.7 Å². The first-order chi connectivity index (χ1) is 22.0. The van der Waals surface area contributed by atoms with Gasteiger partial charge in [-0.05, 0) is 90.4 Å². The number of ether oxygens (including phenoxy) is 1. The molecular formula is C35H34ClF2N3O4S. The van der Waals surface area contributed by atoms with Gasteiger partial charge in [-0.15, -0.1) is 0 Å². The lowest BCUT2D eigenvalue weighted by atomic mass is 9.78. The van der Waals surface area contributed by atoms with Gasteiger partial charge in [0, 0.05) is 30.2 Å². The molecule has 46 heavy (non-hydrogen) atoms. The van der Waals surface area contributed by atoms with E-state index in [1.807, 2.05) is 6.07 Å². The van der Waals surface area contributed by atoms with Crippen molar-refractivity contribution in [3.05, 3.63) is 95.5 Å². The van der Waals surface area contributed by atoms with Crippen molar-refractivity contribution in [2.45, 2.75) is 60.6 Å². The van der Waals surface area contributed by atoms with Crippen molar-refractivity contribution in [1.82, 2.24) is 14.9 Å². The monoisotopic (exact) mass is 665 g/mol. The Labute approximate surface area is 271 Å². The summed E-state index contributed by atoms with van der Waals surface area (Å²) in [6.45, 7) is 1.25. The number of likely N-dealkylation sites (tertiary alicyclic amines) is 1. The van der Waals surface area contributed by atoms with E-state index < -0.39 is 39.0 Å². The predicted molar refractivity (Wildman–Crippen MR) is 174 cm³/mol. The molecule has 0 aromatic heterocycles. The summed E-state index contributed by atoms with van der Waals surface area (Å²) in [4.78, 5) is 15.0. The molecular weight excluding hydrogens is 632 g/mol. The molecule has 1 saturated carbocycles. The number of hydrogen-bond donors (Lipinski definition) is 2. The highest BCUT2D eigenvalue weighted by Crippen LogP contribution is 2.40. The Kier molecular flexibility index (Phi) is 8.03. The zero-order valence-electron chi connectivity index (χ0n) is 25.0. The molecule has 0 radical (unpaired) electrons. The molecule has 7 rings (SSSR count). The summed E-state index contributed by atoms with van der Waals surface area (Å²) in [5, 5.41) is 5.02. The van der Waals surface area contributed by atoms with Gasteiger partial charge in [-0.25, -0.2) is 8.42 Å². The van der Waals surface area contributed by atoms with Crippen LogP contribution in [0.5, 0.6) is 5.75 Å². The Bertz CT molecular complexity index is 1870. The van der Waals surface area contributed by atoms with Crippen molar-refractivity contribution in [2.24, 2.45) is 0 Å². The van der Waals surface area contributed by atoms with E-state index in [0.717, 1.165) is 36.6 Å². The smallest absolute Gasteiger partial charge is 0.298 e. The molecule has 4 aromatic rings. The van der Waals surface area contributed by atoms with Crippen molar-refractivity contribution < 1.29 is 26.7 Å². The van der Waals surface area contributed by atoms with Gasteiger partial charge in [-0.1, -0.05) is 60.1 Å². The summed E-state index contributed by atoms with van der Waals surface area (Å²) >= 11 is 5.99. The van der Waals surface area contributed by atoms with Crippen LogP contribution in [0.15, 0.2) is 89.8 Å². The Morgan fingerprint density at radius 1 is 0.935 bits per heavy atom. The van der Waals surface area contributed by atoms with Crippen LogP contribution in [0.1, 0.15) is 37.7 Å². The van der Waals surface area contributed by atoms with Crippen molar-refractivity contribution in [3.8, 4) is 16.9 Å². The first-order valence-electron chi connectivity index (χ1n) is 15.5. The van der Waals surface area contributed by atoms with Crippen LogP contribution in [-0.2, 0) is 20.7 Å².